The molecule has 0 spiro atoms. The number of alkyl halides is 3. The summed E-state index contributed by atoms with van der Waals surface area (Å²) in [6.45, 7) is -0.449. The first-order valence-electron chi connectivity index (χ1n) is 11.7. The van der Waals surface area contributed by atoms with Gasteiger partial charge >= 0.3 is 6.18 Å². The Balaban J connectivity index is 1.61. The molecule has 186 valence electrons. The summed E-state index contributed by atoms with van der Waals surface area (Å²) >= 11 is 0. The van der Waals surface area contributed by atoms with E-state index in [0.29, 0.717) is 17.2 Å². The molecule has 8 nitrogen and oxygen atoms in total. The number of nitriles is 1. The van der Waals surface area contributed by atoms with Crippen LogP contribution in [0.5, 0.6) is 0 Å². The molecule has 11 heteroatoms. The Kier molecular flexibility index (Phi) is 5.15. The van der Waals surface area contributed by atoms with E-state index in [9.17, 15) is 23.2 Å². The molecular formula is C26H20F3N7O. The number of rotatable bonds is 5. The molecule has 0 atom stereocenters. The molecule has 0 unspecified atom stereocenters. The number of aromatic nitrogens is 6. The zero-order valence-corrected chi connectivity index (χ0v) is 19.7. The van der Waals surface area contributed by atoms with Gasteiger partial charge in [-0.05, 0) is 37.1 Å². The van der Waals surface area contributed by atoms with Crippen molar-refractivity contribution in [2.75, 3.05) is 0 Å². The Morgan fingerprint density at radius 1 is 1.14 bits per heavy atom. The quantitative estimate of drug-likeness (QED) is 0.342. The molecule has 5 aromatic rings. The van der Waals surface area contributed by atoms with Crippen LogP contribution in [0.2, 0.25) is 0 Å². The minimum Gasteiger partial charge on any atom is -0.344 e. The number of hydrogen-bond acceptors (Lipinski definition) is 5. The average molecular weight is 503 g/mol. The third-order valence-electron chi connectivity index (χ3n) is 6.57. The van der Waals surface area contributed by atoms with Crippen LogP contribution in [0.25, 0.3) is 38.8 Å². The lowest BCUT2D eigenvalue weighted by molar-refractivity contribution is -0.136. The van der Waals surface area contributed by atoms with E-state index < -0.39 is 24.7 Å². The van der Waals surface area contributed by atoms with Crippen molar-refractivity contribution in [3.63, 3.8) is 0 Å². The molecule has 0 bridgehead atoms. The highest BCUT2D eigenvalue weighted by molar-refractivity contribution is 5.95. The van der Waals surface area contributed by atoms with Crippen molar-refractivity contribution in [1.29, 1.82) is 5.26 Å². The summed E-state index contributed by atoms with van der Waals surface area (Å²) in [5, 5.41) is 19.4. The Labute approximate surface area is 208 Å². The fourth-order valence-electron chi connectivity index (χ4n) is 4.64. The fraction of sp³-hybridized carbons (Fsp3) is 0.269. The highest BCUT2D eigenvalue weighted by Crippen LogP contribution is 2.39. The van der Waals surface area contributed by atoms with E-state index in [0.717, 1.165) is 29.4 Å². The molecule has 0 amide bonds. The first-order chi connectivity index (χ1) is 17.7. The molecule has 4 aromatic heterocycles. The first-order valence-corrected chi connectivity index (χ1v) is 11.7. The summed E-state index contributed by atoms with van der Waals surface area (Å²) in [4.78, 5) is 18.5. The number of pyridine rings is 1. The smallest absolute Gasteiger partial charge is 0.344 e. The van der Waals surface area contributed by atoms with Gasteiger partial charge in [0.1, 0.15) is 11.6 Å². The maximum absolute atomic E-state index is 13.9. The second kappa shape index (κ2) is 8.30. The summed E-state index contributed by atoms with van der Waals surface area (Å²) in [5.74, 6) is 0.398. The van der Waals surface area contributed by atoms with Crippen LogP contribution in [-0.2, 0) is 13.6 Å². The number of nitrogens with zero attached hydrogens (tertiary/aromatic N) is 7. The lowest BCUT2D eigenvalue weighted by Crippen LogP contribution is -2.24. The average Bonchev–Trinajstić information content (AvgIpc) is 3.56. The van der Waals surface area contributed by atoms with E-state index >= 15 is 0 Å². The van der Waals surface area contributed by atoms with E-state index in [4.69, 9.17) is 0 Å². The van der Waals surface area contributed by atoms with Gasteiger partial charge in [0.25, 0.3) is 5.56 Å². The summed E-state index contributed by atoms with van der Waals surface area (Å²) in [7, 11) is 1.79. The molecule has 1 aromatic carbocycles. The van der Waals surface area contributed by atoms with Crippen molar-refractivity contribution in [3.05, 3.63) is 70.5 Å². The molecule has 0 radical (unpaired) electrons. The third kappa shape index (κ3) is 4.14. The van der Waals surface area contributed by atoms with Crippen LogP contribution in [0, 0.1) is 11.3 Å². The number of hydrogen-bond donors (Lipinski definition) is 0. The van der Waals surface area contributed by atoms with Gasteiger partial charge in [0.2, 0.25) is 0 Å². The van der Waals surface area contributed by atoms with E-state index in [1.54, 1.807) is 48.4 Å². The lowest BCUT2D eigenvalue weighted by Gasteiger charge is -2.13. The van der Waals surface area contributed by atoms with Crippen LogP contribution in [0.4, 0.5) is 13.2 Å². The summed E-state index contributed by atoms with van der Waals surface area (Å²) in [6, 6.07) is 10.8. The minimum atomic E-state index is -4.40. The van der Waals surface area contributed by atoms with Gasteiger partial charge in [0, 0.05) is 54.7 Å². The van der Waals surface area contributed by atoms with Crippen LogP contribution in [-0.4, -0.2) is 35.3 Å². The standard InChI is InChI=1S/C26H20F3N7O/c1-34-13-17-10-19(5-7-21(17)32-34)36-25(37)22(16-4-6-20(31-12-16)15-2-3-15)24-23(33-36)18(11-30)14-35(24)9-8-26(27,28)29/h4-7,10,12-15H,2-3,8-9H2,1H3. The van der Waals surface area contributed by atoms with E-state index in [1.807, 2.05) is 12.1 Å². The maximum Gasteiger partial charge on any atom is 0.390 e. The molecule has 6 rings (SSSR count). The maximum atomic E-state index is 13.9. The first kappa shape index (κ1) is 23.0. The van der Waals surface area contributed by atoms with E-state index in [-0.39, 0.29) is 22.2 Å². The fourth-order valence-corrected chi connectivity index (χ4v) is 4.64. The Hall–Kier alpha value is -4.46. The lowest BCUT2D eigenvalue weighted by atomic mass is 10.1. The third-order valence-corrected chi connectivity index (χ3v) is 6.57. The van der Waals surface area contributed by atoms with Gasteiger partial charge in [-0.15, -0.1) is 0 Å². The number of benzene rings is 1. The van der Waals surface area contributed by atoms with Crippen molar-refractivity contribution < 1.29 is 13.2 Å². The molecule has 1 aliphatic rings. The second-order valence-electron chi connectivity index (χ2n) is 9.29. The highest BCUT2D eigenvalue weighted by Gasteiger charge is 2.29. The van der Waals surface area contributed by atoms with Crippen molar-refractivity contribution in [2.24, 2.45) is 7.05 Å². The van der Waals surface area contributed by atoms with Crippen LogP contribution < -0.4 is 5.56 Å². The van der Waals surface area contributed by atoms with Crippen LogP contribution in [0.15, 0.2) is 53.7 Å². The Bertz CT molecular complexity index is 1770. The van der Waals surface area contributed by atoms with Crippen LogP contribution in [0.1, 0.15) is 36.4 Å². The van der Waals surface area contributed by atoms with Gasteiger partial charge in [-0.1, -0.05) is 6.07 Å². The van der Waals surface area contributed by atoms with Crippen LogP contribution >= 0.6 is 0 Å². The zero-order chi connectivity index (χ0) is 25.9. The molecule has 1 aliphatic carbocycles. The molecule has 1 fully saturated rings. The molecule has 0 aliphatic heterocycles. The molecule has 1 saturated carbocycles. The largest absolute Gasteiger partial charge is 0.390 e. The second-order valence-corrected chi connectivity index (χ2v) is 9.29. The Morgan fingerprint density at radius 3 is 2.62 bits per heavy atom. The van der Waals surface area contributed by atoms with Crippen molar-refractivity contribution in [1.82, 2.24) is 29.1 Å². The SMILES string of the molecule is Cn1cc2cc(-n3nc4c(C#N)cn(CCC(F)(F)F)c4c(-c4ccc(C5CC5)nc4)c3=O)ccc2n1. The predicted molar refractivity (Wildman–Crippen MR) is 130 cm³/mol. The summed E-state index contributed by atoms with van der Waals surface area (Å²) in [5.41, 5.74) is 2.59. The van der Waals surface area contributed by atoms with Crippen molar-refractivity contribution >= 4 is 21.9 Å². The highest BCUT2D eigenvalue weighted by atomic mass is 19.4. The van der Waals surface area contributed by atoms with Gasteiger partial charge in [-0.2, -0.15) is 33.3 Å². The minimum absolute atomic E-state index is 0.0807. The van der Waals surface area contributed by atoms with E-state index in [1.165, 1.54) is 15.4 Å². The molecule has 0 N–H and O–H groups in total. The number of aryl methyl sites for hydroxylation is 2. The molecule has 0 saturated heterocycles. The van der Waals surface area contributed by atoms with Gasteiger partial charge < -0.3 is 4.57 Å². The normalized spacial score (nSPS) is 13.9. The number of halogens is 3. The van der Waals surface area contributed by atoms with Gasteiger partial charge in [0.15, 0.2) is 0 Å². The summed E-state index contributed by atoms with van der Waals surface area (Å²) < 4.78 is 43.4. The Morgan fingerprint density at radius 2 is 1.95 bits per heavy atom. The summed E-state index contributed by atoms with van der Waals surface area (Å²) in [6.07, 6.45) is 1.30. The topological polar surface area (TPSA) is 94.3 Å². The number of fused-ring (bicyclic) bond motifs is 2. The van der Waals surface area contributed by atoms with Crippen LogP contribution in [0.3, 0.4) is 0 Å². The van der Waals surface area contributed by atoms with E-state index in [2.05, 4.69) is 15.2 Å². The van der Waals surface area contributed by atoms with Crippen molar-refractivity contribution in [3.8, 4) is 22.9 Å². The van der Waals surface area contributed by atoms with Gasteiger partial charge in [0.05, 0.1) is 34.3 Å². The zero-order valence-electron chi connectivity index (χ0n) is 19.7. The van der Waals surface area contributed by atoms with Crippen molar-refractivity contribution in [2.45, 2.75) is 37.9 Å². The van der Waals surface area contributed by atoms with Gasteiger partial charge in [-0.25, -0.2) is 0 Å². The monoisotopic (exact) mass is 503 g/mol. The molecule has 4 heterocycles. The molecular weight excluding hydrogens is 483 g/mol. The predicted octanol–water partition coefficient (Wildman–Crippen LogP) is 4.84. The molecule has 37 heavy (non-hydrogen) atoms. The van der Waals surface area contributed by atoms with Gasteiger partial charge in [-0.3, -0.25) is 14.5 Å².